The predicted molar refractivity (Wildman–Crippen MR) is 34.7 cm³/mol. The average Bonchev–Trinajstić information content (AvgIpc) is 2.30. The van der Waals surface area contributed by atoms with Gasteiger partial charge >= 0.3 is 0 Å². The molecule has 1 aliphatic heterocycles. The lowest BCUT2D eigenvalue weighted by molar-refractivity contribution is -0.759. The van der Waals surface area contributed by atoms with Gasteiger partial charge in [0.25, 0.3) is 5.09 Å². The maximum Gasteiger partial charge on any atom is 0.294 e. The fourth-order valence-corrected chi connectivity index (χ4v) is 0.948. The lowest BCUT2D eigenvalue weighted by Crippen LogP contribution is -2.33. The van der Waals surface area contributed by atoms with E-state index in [1.54, 1.807) is 0 Å². The zero-order chi connectivity index (χ0) is 9.14. The van der Waals surface area contributed by atoms with Crippen LogP contribution in [0, 0.1) is 10.1 Å². The molecule has 1 saturated heterocycles. The average molecular weight is 179 g/mol. The van der Waals surface area contributed by atoms with E-state index in [1.165, 1.54) is 0 Å². The first-order valence-electron chi connectivity index (χ1n) is 3.36. The van der Waals surface area contributed by atoms with Crippen LogP contribution in [0.3, 0.4) is 0 Å². The smallest absolute Gasteiger partial charge is 0.294 e. The second kappa shape index (κ2) is 3.65. The van der Waals surface area contributed by atoms with E-state index in [9.17, 15) is 10.1 Å². The van der Waals surface area contributed by atoms with Crippen LogP contribution in [0.2, 0.25) is 0 Å². The summed E-state index contributed by atoms with van der Waals surface area (Å²) in [4.78, 5) is 13.7. The van der Waals surface area contributed by atoms with Crippen LogP contribution in [0.15, 0.2) is 0 Å². The van der Waals surface area contributed by atoms with Gasteiger partial charge < -0.3 is 19.8 Å². The molecule has 0 unspecified atom stereocenters. The van der Waals surface area contributed by atoms with E-state index in [4.69, 9.17) is 14.9 Å². The van der Waals surface area contributed by atoms with E-state index in [2.05, 4.69) is 4.84 Å². The maximum atomic E-state index is 9.73. The number of hydrogen-bond donors (Lipinski definition) is 2. The highest BCUT2D eigenvalue weighted by molar-refractivity contribution is 4.82. The molecular weight excluding hydrogens is 170 g/mol. The van der Waals surface area contributed by atoms with Crippen molar-refractivity contribution in [3.8, 4) is 0 Å². The first kappa shape index (κ1) is 9.17. The number of ether oxygens (including phenoxy) is 1. The highest BCUT2D eigenvalue weighted by Gasteiger charge is 2.35. The molecule has 7 heteroatoms. The first-order valence-corrected chi connectivity index (χ1v) is 3.36. The molecule has 0 radical (unpaired) electrons. The van der Waals surface area contributed by atoms with E-state index < -0.39 is 23.4 Å². The quantitative estimate of drug-likeness (QED) is 0.396. The molecule has 0 aliphatic carbocycles. The van der Waals surface area contributed by atoms with Crippen LogP contribution in [-0.4, -0.2) is 46.8 Å². The van der Waals surface area contributed by atoms with Crippen LogP contribution in [0.25, 0.3) is 0 Å². The highest BCUT2D eigenvalue weighted by Crippen LogP contribution is 2.14. The van der Waals surface area contributed by atoms with Crippen molar-refractivity contribution in [3.05, 3.63) is 10.1 Å². The second-order valence-electron chi connectivity index (χ2n) is 2.45. The molecular formula is C5H9NO6. The van der Waals surface area contributed by atoms with Gasteiger partial charge in [-0.15, -0.1) is 10.1 Å². The van der Waals surface area contributed by atoms with E-state index in [-0.39, 0.29) is 13.2 Å². The Kier molecular flexibility index (Phi) is 2.79. The van der Waals surface area contributed by atoms with E-state index in [0.717, 1.165) is 0 Å². The Labute approximate surface area is 67.6 Å². The van der Waals surface area contributed by atoms with Gasteiger partial charge in [0.05, 0.1) is 6.61 Å². The van der Waals surface area contributed by atoms with Gasteiger partial charge in [-0.25, -0.2) is 0 Å². The third-order valence-corrected chi connectivity index (χ3v) is 1.60. The minimum absolute atomic E-state index is 0.0209. The summed E-state index contributed by atoms with van der Waals surface area (Å²) in [6.45, 7) is -0.377. The molecule has 0 saturated carbocycles. The Morgan fingerprint density at radius 1 is 1.67 bits per heavy atom. The molecule has 2 N–H and O–H groups in total. The zero-order valence-corrected chi connectivity index (χ0v) is 6.12. The monoisotopic (exact) mass is 179 g/mol. The molecule has 7 nitrogen and oxygen atoms in total. The molecule has 1 aliphatic rings. The third-order valence-electron chi connectivity index (χ3n) is 1.60. The van der Waals surface area contributed by atoms with Gasteiger partial charge in [-0.2, -0.15) is 0 Å². The summed E-state index contributed by atoms with van der Waals surface area (Å²) in [6, 6.07) is 0. The maximum absolute atomic E-state index is 9.73. The van der Waals surface area contributed by atoms with Crippen molar-refractivity contribution in [2.24, 2.45) is 0 Å². The molecule has 0 spiro atoms. The molecule has 1 fully saturated rings. The number of hydrogen-bond acceptors (Lipinski definition) is 6. The van der Waals surface area contributed by atoms with Crippen molar-refractivity contribution >= 4 is 0 Å². The summed E-state index contributed by atoms with van der Waals surface area (Å²) in [7, 11) is 0. The van der Waals surface area contributed by atoms with Crippen molar-refractivity contribution in [3.63, 3.8) is 0 Å². The van der Waals surface area contributed by atoms with Gasteiger partial charge in [0.2, 0.25) is 0 Å². The Morgan fingerprint density at radius 3 is 2.75 bits per heavy atom. The predicted octanol–water partition coefficient (Wildman–Crippen LogP) is -1.68. The van der Waals surface area contributed by atoms with Crippen molar-refractivity contribution in [2.45, 2.75) is 18.3 Å². The van der Waals surface area contributed by atoms with Crippen LogP contribution in [0.5, 0.6) is 0 Å². The highest BCUT2D eigenvalue weighted by atomic mass is 17.0. The molecule has 12 heavy (non-hydrogen) atoms. The molecule has 0 aromatic carbocycles. The Bertz CT molecular complexity index is 173. The van der Waals surface area contributed by atoms with Crippen LogP contribution < -0.4 is 0 Å². The minimum atomic E-state index is -1.11. The summed E-state index contributed by atoms with van der Waals surface area (Å²) in [5.41, 5.74) is 0. The van der Waals surface area contributed by atoms with Crippen LogP contribution >= 0.6 is 0 Å². The number of aliphatic hydroxyl groups excluding tert-OH is 2. The van der Waals surface area contributed by atoms with Gasteiger partial charge in [-0.05, 0) is 0 Å². The first-order chi connectivity index (χ1) is 5.61. The van der Waals surface area contributed by atoms with Crippen molar-refractivity contribution in [2.75, 3.05) is 13.2 Å². The lowest BCUT2D eigenvalue weighted by atomic mass is 10.2. The molecule has 0 amide bonds. The summed E-state index contributed by atoms with van der Waals surface area (Å²) in [5.74, 6) is 0. The summed E-state index contributed by atoms with van der Waals surface area (Å²) < 4.78 is 4.80. The molecule has 70 valence electrons. The summed E-state index contributed by atoms with van der Waals surface area (Å²) >= 11 is 0. The lowest BCUT2D eigenvalue weighted by Gasteiger charge is -2.12. The Hall–Kier alpha value is -0.920. The van der Waals surface area contributed by atoms with Crippen LogP contribution in [0.4, 0.5) is 0 Å². The standard InChI is InChI=1S/C5H9NO6/c7-3-1-11-4(5(3)8)2-12-6(9)10/h3-5,7-8H,1-2H2/t3-,4+,5+/m0/s1. The van der Waals surface area contributed by atoms with Crippen LogP contribution in [-0.2, 0) is 9.57 Å². The zero-order valence-electron chi connectivity index (χ0n) is 6.12. The molecule has 0 aromatic rings. The van der Waals surface area contributed by atoms with E-state index in [1.807, 2.05) is 0 Å². The normalized spacial score (nSPS) is 35.0. The van der Waals surface area contributed by atoms with Gasteiger partial charge in [-0.1, -0.05) is 0 Å². The SMILES string of the molecule is O=[N+]([O-])OC[C@H]1OC[C@H](O)[C@H]1O. The fraction of sp³-hybridized carbons (Fsp3) is 1.00. The van der Waals surface area contributed by atoms with Gasteiger partial charge in [-0.3, -0.25) is 0 Å². The largest absolute Gasteiger partial charge is 0.388 e. The van der Waals surface area contributed by atoms with Gasteiger partial charge in [0.1, 0.15) is 24.9 Å². The number of nitrogens with zero attached hydrogens (tertiary/aromatic N) is 1. The van der Waals surface area contributed by atoms with Crippen molar-refractivity contribution in [1.29, 1.82) is 0 Å². The molecule has 1 heterocycles. The Balaban J connectivity index is 2.29. The van der Waals surface area contributed by atoms with Crippen molar-refractivity contribution < 1.29 is 24.9 Å². The molecule has 0 bridgehead atoms. The van der Waals surface area contributed by atoms with E-state index in [0.29, 0.717) is 0 Å². The minimum Gasteiger partial charge on any atom is -0.388 e. The van der Waals surface area contributed by atoms with Crippen molar-refractivity contribution in [1.82, 2.24) is 0 Å². The number of rotatable bonds is 3. The summed E-state index contributed by atoms with van der Waals surface area (Å²) in [5, 5.41) is 26.8. The fourth-order valence-electron chi connectivity index (χ4n) is 0.948. The van der Waals surface area contributed by atoms with E-state index >= 15 is 0 Å². The molecule has 3 atom stereocenters. The molecule has 0 aromatic heterocycles. The van der Waals surface area contributed by atoms with Gasteiger partial charge in [0, 0.05) is 0 Å². The Morgan fingerprint density at radius 2 is 2.33 bits per heavy atom. The number of aliphatic hydroxyl groups is 2. The summed E-state index contributed by atoms with van der Waals surface area (Å²) in [6.07, 6.45) is -2.90. The molecule has 1 rings (SSSR count). The van der Waals surface area contributed by atoms with Crippen LogP contribution in [0.1, 0.15) is 0 Å². The van der Waals surface area contributed by atoms with Gasteiger partial charge in [0.15, 0.2) is 0 Å². The topological polar surface area (TPSA) is 102 Å². The third kappa shape index (κ3) is 2.03. The second-order valence-corrected chi connectivity index (χ2v) is 2.45.